The summed E-state index contributed by atoms with van der Waals surface area (Å²) in [4.78, 5) is 0. The molecule has 2 rings (SSSR count). The van der Waals surface area contributed by atoms with E-state index in [1.807, 2.05) is 6.92 Å². The van der Waals surface area contributed by atoms with Gasteiger partial charge in [0.2, 0.25) is 0 Å². The molecule has 1 aromatic carbocycles. The number of hydrogen-bond donors (Lipinski definition) is 1. The maximum Gasteiger partial charge on any atom is 0.416 e. The number of alkyl halides is 3. The maximum absolute atomic E-state index is 13.1. The predicted molar refractivity (Wildman–Crippen MR) is 73.3 cm³/mol. The van der Waals surface area contributed by atoms with Crippen molar-refractivity contribution >= 4 is 11.8 Å². The number of benzene rings is 1. The van der Waals surface area contributed by atoms with Gasteiger partial charge in [-0.3, -0.25) is 0 Å². The molecule has 1 N–H and O–H groups in total. The Bertz CT molecular complexity index is 413. The molecular weight excluding hydrogens is 271 g/mol. The number of hydrogen-bond acceptors (Lipinski definition) is 2. The number of nitrogens with one attached hydrogen (secondary N) is 1. The van der Waals surface area contributed by atoms with Gasteiger partial charge >= 0.3 is 6.18 Å². The molecule has 1 aliphatic rings. The molecule has 2 unspecified atom stereocenters. The van der Waals surface area contributed by atoms with Gasteiger partial charge in [-0.05, 0) is 36.8 Å². The van der Waals surface area contributed by atoms with E-state index in [0.29, 0.717) is 12.1 Å². The van der Waals surface area contributed by atoms with E-state index in [1.54, 1.807) is 23.9 Å². The van der Waals surface area contributed by atoms with Gasteiger partial charge in [0.05, 0.1) is 5.56 Å². The smallest absolute Gasteiger partial charge is 0.309 e. The molecule has 1 aliphatic heterocycles. The Morgan fingerprint density at radius 1 is 1.37 bits per heavy atom. The van der Waals surface area contributed by atoms with Crippen LogP contribution in [0.4, 0.5) is 13.2 Å². The Hall–Kier alpha value is -0.680. The van der Waals surface area contributed by atoms with Gasteiger partial charge < -0.3 is 5.32 Å². The van der Waals surface area contributed by atoms with Crippen molar-refractivity contribution in [1.82, 2.24) is 5.32 Å². The van der Waals surface area contributed by atoms with Gasteiger partial charge in [-0.2, -0.15) is 24.9 Å². The lowest BCUT2D eigenvalue weighted by Gasteiger charge is -2.27. The summed E-state index contributed by atoms with van der Waals surface area (Å²) in [6.07, 6.45) is -2.21. The van der Waals surface area contributed by atoms with Crippen LogP contribution in [0.25, 0.3) is 0 Å². The van der Waals surface area contributed by atoms with Crippen LogP contribution in [0.3, 0.4) is 0 Å². The molecule has 1 aromatic rings. The zero-order valence-electron chi connectivity index (χ0n) is 10.8. The molecule has 0 amide bonds. The summed E-state index contributed by atoms with van der Waals surface area (Å²) in [6, 6.07) is 5.72. The third kappa shape index (κ3) is 3.45. The highest BCUT2D eigenvalue weighted by Crippen LogP contribution is 2.41. The summed E-state index contributed by atoms with van der Waals surface area (Å²) < 4.78 is 39.3. The summed E-state index contributed by atoms with van der Waals surface area (Å²) in [5, 5.41) is 3.47. The highest BCUT2D eigenvalue weighted by Gasteiger charge is 2.37. The fourth-order valence-electron chi connectivity index (χ4n) is 2.55. The molecule has 5 heteroatoms. The summed E-state index contributed by atoms with van der Waals surface area (Å²) in [5.74, 6) is 1.04. The van der Waals surface area contributed by atoms with Crippen LogP contribution in [0.2, 0.25) is 0 Å². The molecule has 0 aromatic heterocycles. The third-order valence-corrected chi connectivity index (χ3v) is 4.82. The zero-order valence-corrected chi connectivity index (χ0v) is 11.7. The van der Waals surface area contributed by atoms with Gasteiger partial charge in [-0.25, -0.2) is 0 Å². The summed E-state index contributed by atoms with van der Waals surface area (Å²) in [7, 11) is 0. The summed E-state index contributed by atoms with van der Waals surface area (Å²) in [5.41, 5.74) is -0.121. The van der Waals surface area contributed by atoms with E-state index in [9.17, 15) is 13.2 Å². The number of rotatable bonds is 4. The van der Waals surface area contributed by atoms with Gasteiger partial charge in [0.1, 0.15) is 0 Å². The topological polar surface area (TPSA) is 12.0 Å². The van der Waals surface area contributed by atoms with Gasteiger partial charge in [-0.1, -0.05) is 25.1 Å². The lowest BCUT2D eigenvalue weighted by Crippen LogP contribution is -2.30. The van der Waals surface area contributed by atoms with E-state index >= 15 is 0 Å². The molecule has 19 heavy (non-hydrogen) atoms. The zero-order chi connectivity index (χ0) is 13.9. The van der Waals surface area contributed by atoms with Crippen LogP contribution in [0.1, 0.15) is 36.9 Å². The Balaban J connectivity index is 2.35. The second kappa shape index (κ2) is 6.18. The minimum Gasteiger partial charge on any atom is -0.309 e. The fraction of sp³-hybridized carbons (Fsp3) is 0.571. The van der Waals surface area contributed by atoms with Crippen LogP contribution in [-0.2, 0) is 6.18 Å². The molecule has 2 atom stereocenters. The van der Waals surface area contributed by atoms with Crippen molar-refractivity contribution in [2.24, 2.45) is 0 Å². The molecular formula is C14H18F3NS. The van der Waals surface area contributed by atoms with Gasteiger partial charge in [-0.15, -0.1) is 0 Å². The highest BCUT2D eigenvalue weighted by molar-refractivity contribution is 8.00. The first-order chi connectivity index (χ1) is 9.04. The predicted octanol–water partition coefficient (Wildman–Crippen LogP) is 4.25. The number of halogens is 3. The Labute approximate surface area is 116 Å². The Kier molecular flexibility index (Phi) is 4.79. The molecule has 1 nitrogen and oxygen atoms in total. The lowest BCUT2D eigenvalue weighted by molar-refractivity contribution is -0.138. The Morgan fingerprint density at radius 2 is 2.11 bits per heavy atom. The molecule has 106 valence electrons. The van der Waals surface area contributed by atoms with E-state index in [0.717, 1.165) is 18.6 Å². The quantitative estimate of drug-likeness (QED) is 0.889. The maximum atomic E-state index is 13.1. The molecule has 0 bridgehead atoms. The summed E-state index contributed by atoms with van der Waals surface area (Å²) >= 11 is 1.77. The molecule has 1 fully saturated rings. The van der Waals surface area contributed by atoms with E-state index in [-0.39, 0.29) is 11.3 Å². The second-order valence-electron chi connectivity index (χ2n) is 4.67. The molecule has 0 radical (unpaired) electrons. The van der Waals surface area contributed by atoms with Crippen LogP contribution in [0, 0.1) is 0 Å². The minimum atomic E-state index is -4.28. The highest BCUT2D eigenvalue weighted by atomic mass is 32.2. The monoisotopic (exact) mass is 289 g/mol. The average molecular weight is 289 g/mol. The van der Waals surface area contributed by atoms with Crippen LogP contribution in [0.15, 0.2) is 24.3 Å². The van der Waals surface area contributed by atoms with Crippen LogP contribution < -0.4 is 5.32 Å². The lowest BCUT2D eigenvalue weighted by atomic mass is 9.95. The van der Waals surface area contributed by atoms with E-state index in [4.69, 9.17) is 0 Å². The van der Waals surface area contributed by atoms with E-state index in [1.165, 1.54) is 12.1 Å². The fourth-order valence-corrected chi connectivity index (χ4v) is 3.96. The first-order valence-electron chi connectivity index (χ1n) is 6.55. The molecule has 0 spiro atoms. The van der Waals surface area contributed by atoms with E-state index in [2.05, 4.69) is 5.32 Å². The molecule has 1 saturated heterocycles. The van der Waals surface area contributed by atoms with Gasteiger partial charge in [0.15, 0.2) is 0 Å². The first kappa shape index (κ1) is 14.7. The average Bonchev–Trinajstić information content (AvgIpc) is 2.88. The van der Waals surface area contributed by atoms with Crippen molar-refractivity contribution in [3.05, 3.63) is 35.4 Å². The van der Waals surface area contributed by atoms with Crippen LogP contribution >= 0.6 is 11.8 Å². The standard InChI is InChI=1S/C14H18F3NS/c1-2-18-13(12-8-5-9-19-12)10-6-3-4-7-11(10)14(15,16)17/h3-4,6-7,12-13,18H,2,5,8-9H2,1H3. The largest absolute Gasteiger partial charge is 0.416 e. The molecule has 1 heterocycles. The first-order valence-corrected chi connectivity index (χ1v) is 7.60. The normalized spacial score (nSPS) is 21.6. The third-order valence-electron chi connectivity index (χ3n) is 3.36. The van der Waals surface area contributed by atoms with Crippen molar-refractivity contribution < 1.29 is 13.2 Å². The number of thioether (sulfide) groups is 1. The van der Waals surface area contributed by atoms with Crippen molar-refractivity contribution in [2.75, 3.05) is 12.3 Å². The Morgan fingerprint density at radius 3 is 2.68 bits per heavy atom. The van der Waals surface area contributed by atoms with Crippen molar-refractivity contribution in [3.63, 3.8) is 0 Å². The molecule has 0 saturated carbocycles. The van der Waals surface area contributed by atoms with Crippen molar-refractivity contribution in [2.45, 2.75) is 37.2 Å². The SMILES string of the molecule is CCNC(c1ccccc1C(F)(F)F)C1CCCS1. The second-order valence-corrected chi connectivity index (χ2v) is 6.02. The summed E-state index contributed by atoms with van der Waals surface area (Å²) in [6.45, 7) is 2.61. The van der Waals surface area contributed by atoms with Crippen molar-refractivity contribution in [3.8, 4) is 0 Å². The van der Waals surface area contributed by atoms with Gasteiger partial charge in [0, 0.05) is 11.3 Å². The minimum absolute atomic E-state index is 0.213. The van der Waals surface area contributed by atoms with Gasteiger partial charge in [0.25, 0.3) is 0 Å². The van der Waals surface area contributed by atoms with E-state index < -0.39 is 11.7 Å². The van der Waals surface area contributed by atoms with Crippen molar-refractivity contribution in [1.29, 1.82) is 0 Å². The van der Waals surface area contributed by atoms with Crippen LogP contribution in [0.5, 0.6) is 0 Å². The van der Waals surface area contributed by atoms with Crippen LogP contribution in [-0.4, -0.2) is 17.5 Å². The molecule has 0 aliphatic carbocycles.